The molecule has 0 aliphatic carbocycles. The molecule has 0 N–H and O–H groups in total. The number of aromatic nitrogens is 2. The van der Waals surface area contributed by atoms with Crippen molar-refractivity contribution in [2.24, 2.45) is 0 Å². The molecule has 1 fully saturated rings. The van der Waals surface area contributed by atoms with E-state index < -0.39 is 6.29 Å². The monoisotopic (exact) mass is 320 g/mol. The quantitative estimate of drug-likeness (QED) is 0.866. The molecule has 1 aromatic carbocycles. The predicted octanol–water partition coefficient (Wildman–Crippen LogP) is 3.19. The molecule has 1 aliphatic rings. The van der Waals surface area contributed by atoms with Crippen LogP contribution in [0.4, 0.5) is 0 Å². The van der Waals surface area contributed by atoms with Gasteiger partial charge in [0.15, 0.2) is 0 Å². The molecular weight excluding hydrogens is 304 g/mol. The number of hydrogen-bond donors (Lipinski definition) is 0. The number of halogens is 1. The molecule has 0 radical (unpaired) electrons. The van der Waals surface area contributed by atoms with Gasteiger partial charge in [0.25, 0.3) is 0 Å². The first-order valence-corrected chi connectivity index (χ1v) is 7.60. The summed E-state index contributed by atoms with van der Waals surface area (Å²) in [6.07, 6.45) is 1.57. The summed E-state index contributed by atoms with van der Waals surface area (Å²) in [6.45, 7) is 2.72. The standard InChI is InChI=1S/C16H17ClN2O3/c1-2-12-15(17)16(19-10-18-12)22-14-9-20-13(8-21-14)11-6-4-3-5-7-11/h3-7,10,13-14H,2,8-9H2,1H3/t13-,14+/m1/s1. The molecule has 5 nitrogen and oxygen atoms in total. The van der Waals surface area contributed by atoms with E-state index in [-0.39, 0.29) is 6.10 Å². The fourth-order valence-corrected chi connectivity index (χ4v) is 2.53. The lowest BCUT2D eigenvalue weighted by Crippen LogP contribution is -2.35. The molecule has 0 unspecified atom stereocenters. The van der Waals surface area contributed by atoms with E-state index in [1.165, 1.54) is 6.33 Å². The van der Waals surface area contributed by atoms with E-state index in [2.05, 4.69) is 9.97 Å². The third-order valence-corrected chi connectivity index (χ3v) is 3.83. The van der Waals surface area contributed by atoms with E-state index in [1.54, 1.807) is 0 Å². The fraction of sp³-hybridized carbons (Fsp3) is 0.375. The number of ether oxygens (including phenoxy) is 3. The van der Waals surface area contributed by atoms with Gasteiger partial charge in [-0.3, -0.25) is 0 Å². The van der Waals surface area contributed by atoms with Gasteiger partial charge in [-0.05, 0) is 12.0 Å². The highest BCUT2D eigenvalue weighted by molar-refractivity contribution is 6.32. The van der Waals surface area contributed by atoms with Gasteiger partial charge in [-0.2, -0.15) is 0 Å². The Bertz CT molecular complexity index is 616. The van der Waals surface area contributed by atoms with Crippen LogP contribution >= 0.6 is 11.6 Å². The summed E-state index contributed by atoms with van der Waals surface area (Å²) in [7, 11) is 0. The number of rotatable bonds is 4. The van der Waals surface area contributed by atoms with E-state index in [0.29, 0.717) is 24.1 Å². The minimum atomic E-state index is -0.517. The lowest BCUT2D eigenvalue weighted by atomic mass is 10.1. The minimum Gasteiger partial charge on any atom is -0.444 e. The van der Waals surface area contributed by atoms with E-state index >= 15 is 0 Å². The van der Waals surface area contributed by atoms with Gasteiger partial charge in [0.1, 0.15) is 24.1 Å². The summed E-state index contributed by atoms with van der Waals surface area (Å²) in [5.41, 5.74) is 1.85. The zero-order valence-corrected chi connectivity index (χ0v) is 13.0. The van der Waals surface area contributed by atoms with Gasteiger partial charge in [0.05, 0.1) is 12.3 Å². The van der Waals surface area contributed by atoms with Crippen LogP contribution in [-0.4, -0.2) is 29.5 Å². The second-order valence-electron chi connectivity index (χ2n) is 4.91. The van der Waals surface area contributed by atoms with Crippen LogP contribution in [0, 0.1) is 0 Å². The van der Waals surface area contributed by atoms with Crippen molar-refractivity contribution in [3.8, 4) is 5.88 Å². The van der Waals surface area contributed by atoms with Gasteiger partial charge in [-0.25, -0.2) is 9.97 Å². The zero-order valence-electron chi connectivity index (χ0n) is 12.2. The maximum atomic E-state index is 6.21. The highest BCUT2D eigenvalue weighted by Crippen LogP contribution is 2.28. The molecule has 2 aromatic rings. The smallest absolute Gasteiger partial charge is 0.238 e. The number of nitrogens with zero attached hydrogens (tertiary/aromatic N) is 2. The van der Waals surface area contributed by atoms with Crippen molar-refractivity contribution < 1.29 is 14.2 Å². The third-order valence-electron chi connectivity index (χ3n) is 3.45. The molecule has 3 rings (SSSR count). The topological polar surface area (TPSA) is 53.5 Å². The van der Waals surface area contributed by atoms with E-state index in [9.17, 15) is 0 Å². The van der Waals surface area contributed by atoms with Crippen molar-refractivity contribution in [3.63, 3.8) is 0 Å². The number of aryl methyl sites for hydroxylation is 1. The molecule has 1 aromatic heterocycles. The Labute approximate surface area is 134 Å². The van der Waals surface area contributed by atoms with Crippen molar-refractivity contribution >= 4 is 11.6 Å². The normalized spacial score (nSPS) is 21.5. The van der Waals surface area contributed by atoms with Gasteiger partial charge >= 0.3 is 0 Å². The SMILES string of the molecule is CCc1ncnc(O[C@H]2CO[C@@H](c3ccccc3)CO2)c1Cl. The maximum absolute atomic E-state index is 6.21. The Hall–Kier alpha value is -1.69. The van der Waals surface area contributed by atoms with Gasteiger partial charge in [0.2, 0.25) is 12.2 Å². The van der Waals surface area contributed by atoms with Crippen LogP contribution in [0.1, 0.15) is 24.3 Å². The minimum absolute atomic E-state index is 0.0758. The lowest BCUT2D eigenvalue weighted by molar-refractivity contribution is -0.203. The van der Waals surface area contributed by atoms with Crippen LogP contribution < -0.4 is 4.74 Å². The summed E-state index contributed by atoms with van der Waals surface area (Å²) in [6, 6.07) is 9.97. The van der Waals surface area contributed by atoms with Crippen molar-refractivity contribution in [3.05, 3.63) is 52.9 Å². The largest absolute Gasteiger partial charge is 0.444 e. The van der Waals surface area contributed by atoms with Crippen LogP contribution in [0.5, 0.6) is 5.88 Å². The van der Waals surface area contributed by atoms with Crippen LogP contribution in [0.15, 0.2) is 36.7 Å². The number of hydrogen-bond acceptors (Lipinski definition) is 5. The Morgan fingerprint density at radius 1 is 1.18 bits per heavy atom. The Morgan fingerprint density at radius 3 is 2.68 bits per heavy atom. The Balaban J connectivity index is 1.61. The van der Waals surface area contributed by atoms with Gasteiger partial charge in [0, 0.05) is 0 Å². The van der Waals surface area contributed by atoms with Crippen LogP contribution in [0.2, 0.25) is 5.02 Å². The van der Waals surface area contributed by atoms with E-state index in [4.69, 9.17) is 25.8 Å². The third kappa shape index (κ3) is 3.38. The average Bonchev–Trinajstić information content (AvgIpc) is 2.58. The van der Waals surface area contributed by atoms with Crippen molar-refractivity contribution in [2.75, 3.05) is 13.2 Å². The maximum Gasteiger partial charge on any atom is 0.238 e. The summed E-state index contributed by atoms with van der Waals surface area (Å²) in [4.78, 5) is 8.16. The number of benzene rings is 1. The second kappa shape index (κ2) is 7.05. The highest BCUT2D eigenvalue weighted by atomic mass is 35.5. The van der Waals surface area contributed by atoms with E-state index in [1.807, 2.05) is 37.3 Å². The highest BCUT2D eigenvalue weighted by Gasteiger charge is 2.26. The molecule has 0 amide bonds. The average molecular weight is 321 g/mol. The molecule has 1 saturated heterocycles. The summed E-state index contributed by atoms with van der Waals surface area (Å²) < 4.78 is 17.2. The van der Waals surface area contributed by atoms with Crippen molar-refractivity contribution in [1.82, 2.24) is 9.97 Å². The first kappa shape index (κ1) is 15.2. The lowest BCUT2D eigenvalue weighted by Gasteiger charge is -2.29. The second-order valence-corrected chi connectivity index (χ2v) is 5.28. The first-order valence-electron chi connectivity index (χ1n) is 7.22. The first-order chi connectivity index (χ1) is 10.8. The fourth-order valence-electron chi connectivity index (χ4n) is 2.25. The van der Waals surface area contributed by atoms with Crippen LogP contribution in [0.3, 0.4) is 0 Å². The van der Waals surface area contributed by atoms with Gasteiger partial charge in [-0.1, -0.05) is 48.9 Å². The van der Waals surface area contributed by atoms with Crippen molar-refractivity contribution in [2.45, 2.75) is 25.7 Å². The molecule has 22 heavy (non-hydrogen) atoms. The predicted molar refractivity (Wildman–Crippen MR) is 81.9 cm³/mol. The summed E-state index contributed by atoms with van der Waals surface area (Å²) in [5.74, 6) is 0.334. The van der Waals surface area contributed by atoms with Gasteiger partial charge < -0.3 is 14.2 Å². The molecule has 0 saturated carbocycles. The zero-order chi connectivity index (χ0) is 15.4. The van der Waals surface area contributed by atoms with Gasteiger partial charge in [-0.15, -0.1) is 0 Å². The van der Waals surface area contributed by atoms with Crippen LogP contribution in [0.25, 0.3) is 0 Å². The van der Waals surface area contributed by atoms with Crippen molar-refractivity contribution in [1.29, 1.82) is 0 Å². The Morgan fingerprint density at radius 2 is 2.00 bits per heavy atom. The molecule has 0 bridgehead atoms. The van der Waals surface area contributed by atoms with Crippen LogP contribution in [-0.2, 0) is 15.9 Å². The summed E-state index contributed by atoms with van der Waals surface area (Å²) >= 11 is 6.21. The molecule has 1 aliphatic heterocycles. The Kier molecular flexibility index (Phi) is 4.87. The molecular formula is C16H17ClN2O3. The molecule has 116 valence electrons. The molecule has 6 heteroatoms. The van der Waals surface area contributed by atoms with E-state index in [0.717, 1.165) is 17.7 Å². The molecule has 2 atom stereocenters. The summed E-state index contributed by atoms with van der Waals surface area (Å²) in [5, 5.41) is 0.429. The molecule has 0 spiro atoms. The molecule has 2 heterocycles.